The van der Waals surface area contributed by atoms with Crippen LogP contribution in [0.5, 0.6) is 5.75 Å². The molecule has 2 aromatic carbocycles. The van der Waals surface area contributed by atoms with E-state index in [4.69, 9.17) is 4.74 Å². The first kappa shape index (κ1) is 18.7. The van der Waals surface area contributed by atoms with E-state index < -0.39 is 0 Å². The number of aromatic amines is 1. The van der Waals surface area contributed by atoms with Crippen molar-refractivity contribution in [1.82, 2.24) is 24.9 Å². The fourth-order valence-corrected chi connectivity index (χ4v) is 3.27. The second-order valence-electron chi connectivity index (χ2n) is 7.11. The molecule has 0 fully saturated rings. The molecule has 7 heteroatoms. The summed E-state index contributed by atoms with van der Waals surface area (Å²) < 4.78 is 5.86. The molecule has 0 spiro atoms. The Hall–Kier alpha value is -4.26. The van der Waals surface area contributed by atoms with E-state index in [1.54, 1.807) is 12.4 Å². The molecule has 3 heterocycles. The minimum Gasteiger partial charge on any atom is -0.489 e. The first-order chi connectivity index (χ1) is 15.2. The third kappa shape index (κ3) is 4.20. The van der Waals surface area contributed by atoms with Crippen LogP contribution in [0.1, 0.15) is 11.4 Å². The maximum absolute atomic E-state index is 5.86. The lowest BCUT2D eigenvalue weighted by atomic mass is 10.2. The lowest BCUT2D eigenvalue weighted by Crippen LogP contribution is -1.98. The topological polar surface area (TPSA) is 88.6 Å². The third-order valence-corrected chi connectivity index (χ3v) is 4.87. The fraction of sp³-hybridized carbons (Fsp3) is 0.0833. The van der Waals surface area contributed by atoms with Crippen LogP contribution >= 0.6 is 0 Å². The number of nitrogens with zero attached hydrogens (tertiary/aromatic N) is 4. The Morgan fingerprint density at radius 2 is 1.74 bits per heavy atom. The average Bonchev–Trinajstić information content (AvgIpc) is 3.25. The van der Waals surface area contributed by atoms with Crippen LogP contribution in [-0.4, -0.2) is 24.9 Å². The SMILES string of the molecule is Cc1ncc(-c2cc3c(Nc4ccc(OCc5ccccc5)cc4)ncnc3cn2)[nH]1. The van der Waals surface area contributed by atoms with Gasteiger partial charge in [-0.15, -0.1) is 0 Å². The molecule has 0 amide bonds. The van der Waals surface area contributed by atoms with Gasteiger partial charge in [0, 0.05) is 11.1 Å². The van der Waals surface area contributed by atoms with Crippen molar-refractivity contribution in [3.05, 3.63) is 90.8 Å². The Kier molecular flexibility index (Phi) is 4.98. The van der Waals surface area contributed by atoms with Crippen LogP contribution in [0.25, 0.3) is 22.3 Å². The van der Waals surface area contributed by atoms with E-state index in [1.807, 2.05) is 67.6 Å². The number of hydrogen-bond acceptors (Lipinski definition) is 6. The van der Waals surface area contributed by atoms with Gasteiger partial charge in [0.05, 0.1) is 29.3 Å². The molecule has 5 aromatic rings. The van der Waals surface area contributed by atoms with Crippen LogP contribution in [0.3, 0.4) is 0 Å². The highest BCUT2D eigenvalue weighted by molar-refractivity contribution is 5.92. The number of aromatic nitrogens is 5. The predicted molar refractivity (Wildman–Crippen MR) is 120 cm³/mol. The van der Waals surface area contributed by atoms with Crippen molar-refractivity contribution in [1.29, 1.82) is 0 Å². The summed E-state index contributed by atoms with van der Waals surface area (Å²) in [5.74, 6) is 2.36. The lowest BCUT2D eigenvalue weighted by molar-refractivity contribution is 0.306. The molecular formula is C24H20N6O. The van der Waals surface area contributed by atoms with E-state index >= 15 is 0 Å². The molecule has 3 aromatic heterocycles. The van der Waals surface area contributed by atoms with Crippen LogP contribution in [-0.2, 0) is 6.61 Å². The second-order valence-corrected chi connectivity index (χ2v) is 7.11. The minimum atomic E-state index is 0.535. The summed E-state index contributed by atoms with van der Waals surface area (Å²) in [5, 5.41) is 4.25. The van der Waals surface area contributed by atoms with Crippen LogP contribution in [0.15, 0.2) is 79.4 Å². The number of pyridine rings is 1. The number of benzene rings is 2. The molecule has 0 aliphatic carbocycles. The highest BCUT2D eigenvalue weighted by Crippen LogP contribution is 2.27. The number of hydrogen-bond donors (Lipinski definition) is 2. The van der Waals surface area contributed by atoms with Crippen molar-refractivity contribution >= 4 is 22.4 Å². The molecule has 31 heavy (non-hydrogen) atoms. The van der Waals surface area contributed by atoms with Gasteiger partial charge >= 0.3 is 0 Å². The minimum absolute atomic E-state index is 0.535. The number of nitrogens with one attached hydrogen (secondary N) is 2. The molecule has 0 unspecified atom stereocenters. The Morgan fingerprint density at radius 3 is 2.52 bits per heavy atom. The molecule has 5 rings (SSSR count). The normalized spacial score (nSPS) is 10.9. The van der Waals surface area contributed by atoms with Gasteiger partial charge in [-0.25, -0.2) is 15.0 Å². The molecule has 0 aliphatic heterocycles. The predicted octanol–water partition coefficient (Wildman–Crippen LogP) is 5.05. The van der Waals surface area contributed by atoms with Crippen LogP contribution < -0.4 is 10.1 Å². The standard InChI is InChI=1S/C24H20N6O/c1-16-25-13-23(29-16)21-11-20-22(12-26-21)27-15-28-24(20)30-18-7-9-19(10-8-18)31-14-17-5-3-2-4-6-17/h2-13,15H,14H2,1H3,(H,25,29)(H,27,28,30). The monoisotopic (exact) mass is 408 g/mol. The summed E-state index contributed by atoms with van der Waals surface area (Å²) in [7, 11) is 0. The van der Waals surface area contributed by atoms with Crippen LogP contribution in [0.4, 0.5) is 11.5 Å². The highest BCUT2D eigenvalue weighted by Gasteiger charge is 2.09. The van der Waals surface area contributed by atoms with Gasteiger partial charge in [0.15, 0.2) is 0 Å². The zero-order valence-corrected chi connectivity index (χ0v) is 16.9. The molecule has 0 atom stereocenters. The van der Waals surface area contributed by atoms with E-state index in [2.05, 4.69) is 30.2 Å². The number of imidazole rings is 1. The summed E-state index contributed by atoms with van der Waals surface area (Å²) in [5.41, 5.74) is 4.45. The summed E-state index contributed by atoms with van der Waals surface area (Å²) >= 11 is 0. The molecule has 0 saturated heterocycles. The van der Waals surface area contributed by atoms with Crippen molar-refractivity contribution < 1.29 is 4.74 Å². The zero-order chi connectivity index (χ0) is 21.0. The second kappa shape index (κ2) is 8.23. The number of H-pyrrole nitrogens is 1. The van der Waals surface area contributed by atoms with Gasteiger partial charge < -0.3 is 15.0 Å². The van der Waals surface area contributed by atoms with E-state index in [9.17, 15) is 0 Å². The molecular weight excluding hydrogens is 388 g/mol. The first-order valence-corrected chi connectivity index (χ1v) is 9.91. The van der Waals surface area contributed by atoms with Crippen molar-refractivity contribution in [2.24, 2.45) is 0 Å². The van der Waals surface area contributed by atoms with E-state index in [0.717, 1.165) is 45.1 Å². The molecule has 0 bridgehead atoms. The van der Waals surface area contributed by atoms with E-state index in [1.165, 1.54) is 6.33 Å². The van der Waals surface area contributed by atoms with E-state index in [-0.39, 0.29) is 0 Å². The average molecular weight is 408 g/mol. The highest BCUT2D eigenvalue weighted by atomic mass is 16.5. The molecule has 2 N–H and O–H groups in total. The molecule has 7 nitrogen and oxygen atoms in total. The number of rotatable bonds is 6. The molecule has 0 saturated carbocycles. The number of aryl methyl sites for hydroxylation is 1. The van der Waals surface area contributed by atoms with Gasteiger partial charge in [0.1, 0.15) is 30.3 Å². The Morgan fingerprint density at radius 1 is 0.903 bits per heavy atom. The summed E-state index contributed by atoms with van der Waals surface area (Å²) in [6.45, 7) is 2.45. The van der Waals surface area contributed by atoms with Crippen molar-refractivity contribution in [2.75, 3.05) is 5.32 Å². The Bertz CT molecular complexity index is 1320. The number of anilines is 2. The lowest BCUT2D eigenvalue weighted by Gasteiger charge is -2.10. The van der Waals surface area contributed by atoms with Gasteiger partial charge in [-0.1, -0.05) is 30.3 Å². The van der Waals surface area contributed by atoms with Crippen LogP contribution in [0.2, 0.25) is 0 Å². The van der Waals surface area contributed by atoms with E-state index in [0.29, 0.717) is 12.4 Å². The molecule has 0 radical (unpaired) electrons. The van der Waals surface area contributed by atoms with Crippen molar-refractivity contribution in [2.45, 2.75) is 13.5 Å². The first-order valence-electron chi connectivity index (χ1n) is 9.91. The van der Waals surface area contributed by atoms with Crippen LogP contribution in [0, 0.1) is 6.92 Å². The molecule has 0 aliphatic rings. The van der Waals surface area contributed by atoms with Crippen molar-refractivity contribution in [3.8, 4) is 17.1 Å². The maximum atomic E-state index is 5.86. The summed E-state index contributed by atoms with van der Waals surface area (Å²) in [4.78, 5) is 20.7. The summed E-state index contributed by atoms with van der Waals surface area (Å²) in [6.07, 6.45) is 5.05. The summed E-state index contributed by atoms with van der Waals surface area (Å²) in [6, 6.07) is 19.9. The van der Waals surface area contributed by atoms with Crippen molar-refractivity contribution in [3.63, 3.8) is 0 Å². The molecule has 152 valence electrons. The number of fused-ring (bicyclic) bond motifs is 1. The third-order valence-electron chi connectivity index (χ3n) is 4.87. The maximum Gasteiger partial charge on any atom is 0.141 e. The smallest absolute Gasteiger partial charge is 0.141 e. The largest absolute Gasteiger partial charge is 0.489 e. The number of ether oxygens (including phenoxy) is 1. The van der Waals surface area contributed by atoms with Gasteiger partial charge in [-0.3, -0.25) is 4.98 Å². The Labute approximate surface area is 179 Å². The quantitative estimate of drug-likeness (QED) is 0.409. The van der Waals surface area contributed by atoms with Gasteiger partial charge in [0.2, 0.25) is 0 Å². The van der Waals surface area contributed by atoms with Gasteiger partial charge in [-0.2, -0.15) is 0 Å². The Balaban J connectivity index is 1.36. The fourth-order valence-electron chi connectivity index (χ4n) is 3.27. The van der Waals surface area contributed by atoms with Gasteiger partial charge in [0.25, 0.3) is 0 Å². The zero-order valence-electron chi connectivity index (χ0n) is 16.9. The van der Waals surface area contributed by atoms with Gasteiger partial charge in [-0.05, 0) is 42.8 Å².